The highest BCUT2D eigenvalue weighted by molar-refractivity contribution is 5.95. The first-order chi connectivity index (χ1) is 14.9. The van der Waals surface area contributed by atoms with Crippen molar-refractivity contribution in [3.05, 3.63) is 23.5 Å². The second kappa shape index (κ2) is 8.32. The Morgan fingerprint density at radius 1 is 1.28 bits per heavy atom. The summed E-state index contributed by atoms with van der Waals surface area (Å²) in [6.07, 6.45) is 10.9. The van der Waals surface area contributed by atoms with E-state index in [0.29, 0.717) is 29.2 Å². The maximum atomic E-state index is 13.4. The molecule has 7 heteroatoms. The van der Waals surface area contributed by atoms with Gasteiger partial charge >= 0.3 is 0 Å². The molecule has 4 aliphatic carbocycles. The summed E-state index contributed by atoms with van der Waals surface area (Å²) in [7, 11) is 0. The molecule has 0 aromatic carbocycles. The van der Waals surface area contributed by atoms with Crippen LogP contribution in [0.1, 0.15) is 82.8 Å². The number of aliphatic hydroxyl groups is 1. The zero-order valence-electron chi connectivity index (χ0n) is 20.0. The first-order valence-corrected chi connectivity index (χ1v) is 12.0. The highest BCUT2D eigenvalue weighted by Crippen LogP contribution is 2.55. The Kier molecular flexibility index (Phi) is 5.99. The molecular weight excluding hydrogens is 404 g/mol. The Bertz CT molecular complexity index is 900. The van der Waals surface area contributed by atoms with Gasteiger partial charge in [-0.2, -0.15) is 5.10 Å². The van der Waals surface area contributed by atoms with Crippen molar-refractivity contribution < 1.29 is 14.7 Å². The molecule has 2 unspecified atom stereocenters. The van der Waals surface area contributed by atoms with E-state index < -0.39 is 11.1 Å². The molecule has 0 spiro atoms. The van der Waals surface area contributed by atoms with E-state index >= 15 is 0 Å². The number of nitrogens with one attached hydrogen (secondary N) is 2. The summed E-state index contributed by atoms with van der Waals surface area (Å²) in [5.41, 5.74) is 0.482. The third-order valence-electron chi connectivity index (χ3n) is 7.41. The monoisotopic (exact) mass is 442 g/mol. The first-order valence-electron chi connectivity index (χ1n) is 12.0. The fraction of sp³-hybridized carbons (Fsp3) is 0.720. The second-order valence-electron chi connectivity index (χ2n) is 11.5. The molecule has 4 saturated carbocycles. The molecule has 1 aromatic rings. The summed E-state index contributed by atoms with van der Waals surface area (Å²) in [4.78, 5) is 24.8. The summed E-state index contributed by atoms with van der Waals surface area (Å²) in [6.45, 7) is 9.60. The van der Waals surface area contributed by atoms with Gasteiger partial charge in [0.15, 0.2) is 0 Å². The van der Waals surface area contributed by atoms with Crippen molar-refractivity contribution in [2.45, 2.75) is 90.3 Å². The van der Waals surface area contributed by atoms with Gasteiger partial charge in [-0.15, -0.1) is 0 Å². The van der Waals surface area contributed by atoms with Crippen LogP contribution >= 0.6 is 0 Å². The van der Waals surface area contributed by atoms with E-state index in [-0.39, 0.29) is 17.9 Å². The summed E-state index contributed by atoms with van der Waals surface area (Å²) in [5, 5.41) is 21.6. The highest BCUT2D eigenvalue weighted by Gasteiger charge is 2.55. The molecule has 4 aliphatic rings. The normalized spacial score (nSPS) is 31.5. The van der Waals surface area contributed by atoms with Crippen LogP contribution in [-0.2, 0) is 11.2 Å². The van der Waals surface area contributed by atoms with Crippen LogP contribution in [0.4, 0.5) is 0 Å². The van der Waals surface area contributed by atoms with Crippen LogP contribution in [0.15, 0.2) is 12.3 Å². The maximum absolute atomic E-state index is 13.4. The highest BCUT2D eigenvalue weighted by atomic mass is 16.3. The fourth-order valence-corrected chi connectivity index (χ4v) is 6.49. The van der Waals surface area contributed by atoms with Gasteiger partial charge in [0.2, 0.25) is 5.91 Å². The minimum atomic E-state index is -0.518. The minimum absolute atomic E-state index is 0.0640. The molecule has 1 heterocycles. The molecular formula is C25H38N4O3. The molecule has 3 N–H and O–H groups in total. The lowest BCUT2D eigenvalue weighted by molar-refractivity contribution is -0.136. The van der Waals surface area contributed by atoms with Crippen molar-refractivity contribution in [1.29, 1.82) is 0 Å². The fourth-order valence-electron chi connectivity index (χ4n) is 6.49. The number of hydrogen-bond donors (Lipinski definition) is 3. The van der Waals surface area contributed by atoms with E-state index in [1.54, 1.807) is 10.9 Å². The average molecular weight is 443 g/mol. The smallest absolute Gasteiger partial charge is 0.255 e. The van der Waals surface area contributed by atoms with Gasteiger partial charge in [0.1, 0.15) is 0 Å². The van der Waals surface area contributed by atoms with Crippen LogP contribution < -0.4 is 10.6 Å². The van der Waals surface area contributed by atoms with Crippen LogP contribution in [0.5, 0.6) is 0 Å². The SMILES string of the molecule is CC(=O)NC(C)(C)/C=C/n1ncc(C(=O)N[C@H]2C3CC4CC2C[C@](O)(C4)C3)c1CC(C)C. The molecule has 32 heavy (non-hydrogen) atoms. The van der Waals surface area contributed by atoms with Crippen LogP contribution in [0.2, 0.25) is 0 Å². The van der Waals surface area contributed by atoms with Crippen LogP contribution in [0.3, 0.4) is 0 Å². The number of rotatable bonds is 7. The largest absolute Gasteiger partial charge is 0.390 e. The number of hydrogen-bond acceptors (Lipinski definition) is 4. The number of aromatic nitrogens is 2. The van der Waals surface area contributed by atoms with Crippen molar-refractivity contribution in [3.63, 3.8) is 0 Å². The van der Waals surface area contributed by atoms with Gasteiger partial charge in [0.05, 0.1) is 28.6 Å². The second-order valence-corrected chi connectivity index (χ2v) is 11.5. The Morgan fingerprint density at radius 2 is 1.94 bits per heavy atom. The quantitative estimate of drug-likeness (QED) is 0.604. The van der Waals surface area contributed by atoms with Gasteiger partial charge in [0.25, 0.3) is 5.91 Å². The van der Waals surface area contributed by atoms with Crippen molar-refractivity contribution in [3.8, 4) is 0 Å². The van der Waals surface area contributed by atoms with E-state index in [0.717, 1.165) is 44.2 Å². The third kappa shape index (κ3) is 4.77. The molecule has 0 saturated heterocycles. The maximum Gasteiger partial charge on any atom is 0.255 e. The van der Waals surface area contributed by atoms with Gasteiger partial charge in [-0.3, -0.25) is 9.59 Å². The number of carbonyl (C=O) groups excluding carboxylic acids is 2. The topological polar surface area (TPSA) is 96.2 Å². The molecule has 0 aliphatic heterocycles. The predicted molar refractivity (Wildman–Crippen MR) is 124 cm³/mol. The van der Waals surface area contributed by atoms with Gasteiger partial charge in [-0.05, 0) is 82.1 Å². The van der Waals surface area contributed by atoms with Crippen molar-refractivity contribution in [2.75, 3.05) is 0 Å². The first kappa shape index (κ1) is 23.0. The van der Waals surface area contributed by atoms with Gasteiger partial charge in [-0.1, -0.05) is 13.8 Å². The molecule has 2 atom stereocenters. The Labute approximate surface area is 191 Å². The van der Waals surface area contributed by atoms with Gasteiger partial charge in [-0.25, -0.2) is 4.68 Å². The van der Waals surface area contributed by atoms with Crippen molar-refractivity contribution >= 4 is 18.0 Å². The lowest BCUT2D eigenvalue weighted by atomic mass is 9.52. The summed E-state index contributed by atoms with van der Waals surface area (Å²) >= 11 is 0. The average Bonchev–Trinajstić information content (AvgIpc) is 3.02. The molecule has 2 amide bonds. The zero-order valence-corrected chi connectivity index (χ0v) is 20.0. The summed E-state index contributed by atoms with van der Waals surface area (Å²) < 4.78 is 1.76. The number of nitrogens with zero attached hydrogens (tertiary/aromatic N) is 2. The molecule has 1 aromatic heterocycles. The van der Waals surface area contributed by atoms with E-state index in [1.807, 2.05) is 26.1 Å². The van der Waals surface area contributed by atoms with Crippen molar-refractivity contribution in [1.82, 2.24) is 20.4 Å². The van der Waals surface area contributed by atoms with Gasteiger partial charge < -0.3 is 15.7 Å². The van der Waals surface area contributed by atoms with E-state index in [9.17, 15) is 14.7 Å². The lowest BCUT2D eigenvalue weighted by Gasteiger charge is -2.58. The molecule has 0 radical (unpaired) electrons. The Balaban J connectivity index is 1.53. The molecule has 5 rings (SSSR count). The van der Waals surface area contributed by atoms with Crippen LogP contribution in [-0.4, -0.2) is 43.9 Å². The summed E-state index contributed by atoms with van der Waals surface area (Å²) in [6, 6.07) is 0.142. The van der Waals surface area contributed by atoms with Crippen molar-refractivity contribution in [2.24, 2.45) is 23.7 Å². The van der Waals surface area contributed by atoms with E-state index in [1.165, 1.54) is 6.92 Å². The lowest BCUT2D eigenvalue weighted by Crippen LogP contribution is -2.61. The summed E-state index contributed by atoms with van der Waals surface area (Å²) in [5.74, 6) is 1.56. The third-order valence-corrected chi connectivity index (χ3v) is 7.41. The Morgan fingerprint density at radius 3 is 2.50 bits per heavy atom. The number of carbonyl (C=O) groups is 2. The van der Waals surface area contributed by atoms with E-state index in [2.05, 4.69) is 29.6 Å². The van der Waals surface area contributed by atoms with Crippen LogP contribution in [0, 0.1) is 23.7 Å². The Hall–Kier alpha value is -2.15. The molecule has 7 nitrogen and oxygen atoms in total. The molecule has 176 valence electrons. The zero-order chi connectivity index (χ0) is 23.3. The van der Waals surface area contributed by atoms with Crippen LogP contribution in [0.25, 0.3) is 6.20 Å². The minimum Gasteiger partial charge on any atom is -0.390 e. The van der Waals surface area contributed by atoms with Gasteiger partial charge in [0, 0.05) is 19.2 Å². The number of amides is 2. The predicted octanol–water partition coefficient (Wildman–Crippen LogP) is 3.14. The van der Waals surface area contributed by atoms with E-state index in [4.69, 9.17) is 0 Å². The molecule has 4 bridgehead atoms. The molecule has 4 fully saturated rings. The standard InChI is InChI=1S/C25H38N4O3/c1-15(2)8-21-20(14-26-29(21)7-6-24(4,5)28-16(3)30)23(31)27-22-18-9-17-10-19(22)13-25(32,11-17)12-18/h6-7,14-15,17-19,22,32H,8-13H2,1-5H3,(H,27,31)(H,28,30)/b7-6+/t17?,18?,19?,22-,25-.